The number of hydrogen-bond acceptors (Lipinski definition) is 5. The Morgan fingerprint density at radius 3 is 2.58 bits per heavy atom. The number of fused-ring (bicyclic) bond motifs is 1. The van der Waals surface area contributed by atoms with Crippen molar-refractivity contribution in [1.29, 1.82) is 0 Å². The minimum Gasteiger partial charge on any atom is -0.364 e. The second-order valence-corrected chi connectivity index (χ2v) is 7.65. The lowest BCUT2D eigenvalue weighted by Gasteiger charge is -2.30. The quantitative estimate of drug-likeness (QED) is 0.693. The van der Waals surface area contributed by atoms with Crippen LogP contribution in [0.15, 0.2) is 52.1 Å². The smallest absolute Gasteiger partial charge is 0.276 e. The molecule has 0 unspecified atom stereocenters. The van der Waals surface area contributed by atoms with E-state index in [1.807, 2.05) is 13.8 Å². The number of nitrogens with zero attached hydrogens (tertiary/aromatic N) is 3. The van der Waals surface area contributed by atoms with Crippen LogP contribution in [0.25, 0.3) is 5.69 Å². The van der Waals surface area contributed by atoms with Gasteiger partial charge in [-0.15, -0.1) is 0 Å². The van der Waals surface area contributed by atoms with Gasteiger partial charge in [0.2, 0.25) is 0 Å². The largest absolute Gasteiger partial charge is 0.364 e. The van der Waals surface area contributed by atoms with Crippen molar-refractivity contribution in [3.63, 3.8) is 0 Å². The lowest BCUT2D eigenvalue weighted by atomic mass is 9.95. The van der Waals surface area contributed by atoms with Crippen molar-refractivity contribution in [1.82, 2.24) is 19.9 Å². The maximum Gasteiger partial charge on any atom is 0.276 e. The van der Waals surface area contributed by atoms with Crippen molar-refractivity contribution in [3.05, 3.63) is 81.3 Å². The van der Waals surface area contributed by atoms with Crippen molar-refractivity contribution >= 4 is 11.8 Å². The summed E-state index contributed by atoms with van der Waals surface area (Å²) in [5.41, 5.74) is 1.45. The van der Waals surface area contributed by atoms with Crippen LogP contribution in [0.1, 0.15) is 45.8 Å². The van der Waals surface area contributed by atoms with Gasteiger partial charge in [0, 0.05) is 37.1 Å². The Balaban J connectivity index is 1.81. The summed E-state index contributed by atoms with van der Waals surface area (Å²) in [5, 5.41) is 6.47. The minimum absolute atomic E-state index is 0.0454. The van der Waals surface area contributed by atoms with Crippen LogP contribution in [0, 0.1) is 5.82 Å². The first-order chi connectivity index (χ1) is 14.8. The van der Waals surface area contributed by atoms with E-state index in [0.29, 0.717) is 29.8 Å². The molecule has 31 heavy (non-hydrogen) atoms. The molecule has 0 spiro atoms. The zero-order valence-corrected chi connectivity index (χ0v) is 17.1. The molecule has 0 fully saturated rings. The average Bonchev–Trinajstić information content (AvgIpc) is 3.27. The summed E-state index contributed by atoms with van der Waals surface area (Å²) in [6, 6.07) is 6.75. The van der Waals surface area contributed by atoms with E-state index in [9.17, 15) is 18.8 Å². The molecule has 160 valence electrons. The third-order valence-electron chi connectivity index (χ3n) is 5.10. The Morgan fingerprint density at radius 2 is 1.94 bits per heavy atom. The molecule has 2 amide bonds. The Kier molecular flexibility index (Phi) is 5.41. The Morgan fingerprint density at radius 1 is 1.19 bits per heavy atom. The summed E-state index contributed by atoms with van der Waals surface area (Å²) < 4.78 is 19.5. The average molecular weight is 424 g/mol. The van der Waals surface area contributed by atoms with E-state index in [4.69, 9.17) is 4.52 Å². The zero-order chi connectivity index (χ0) is 22.1. The lowest BCUT2D eigenvalue weighted by Crippen LogP contribution is -2.42. The molecule has 0 radical (unpaired) electrons. The van der Waals surface area contributed by atoms with Crippen molar-refractivity contribution in [2.45, 2.75) is 32.9 Å². The minimum atomic E-state index is -0.486. The standard InChI is InChI=1S/C22H21FN4O4/c1-13(2)24-20(28)19-17-7-9-26(21(29)18-8-10-31-25-18)11-14(17)12-27(22(19)30)16-5-3-15(23)4-6-16/h3-6,8,10,12-13H,7,9,11H2,1-2H3,(H,24,28). The molecule has 0 saturated heterocycles. The van der Waals surface area contributed by atoms with E-state index in [1.165, 1.54) is 41.2 Å². The molecule has 9 heteroatoms. The maximum atomic E-state index is 13.4. The van der Waals surface area contributed by atoms with Crippen molar-refractivity contribution in [2.75, 3.05) is 6.54 Å². The van der Waals surface area contributed by atoms with Crippen LogP contribution in [-0.2, 0) is 13.0 Å². The molecule has 1 aromatic carbocycles. The number of amides is 2. The van der Waals surface area contributed by atoms with Crippen molar-refractivity contribution in [3.8, 4) is 5.69 Å². The van der Waals surface area contributed by atoms with Gasteiger partial charge in [-0.05, 0) is 55.7 Å². The second kappa shape index (κ2) is 8.17. The van der Waals surface area contributed by atoms with E-state index in [-0.39, 0.29) is 29.8 Å². The van der Waals surface area contributed by atoms with Gasteiger partial charge in [0.25, 0.3) is 17.4 Å². The summed E-state index contributed by atoms with van der Waals surface area (Å²) in [5.74, 6) is -1.20. The fraction of sp³-hybridized carbons (Fsp3) is 0.273. The van der Waals surface area contributed by atoms with Gasteiger partial charge in [-0.3, -0.25) is 19.0 Å². The number of aromatic nitrogens is 2. The van der Waals surface area contributed by atoms with E-state index in [2.05, 4.69) is 10.5 Å². The number of carbonyl (C=O) groups is 2. The molecule has 3 heterocycles. The summed E-state index contributed by atoms with van der Waals surface area (Å²) in [7, 11) is 0. The maximum absolute atomic E-state index is 13.4. The predicted molar refractivity (Wildman–Crippen MR) is 110 cm³/mol. The number of hydrogen-bond donors (Lipinski definition) is 1. The number of halogens is 1. The summed E-state index contributed by atoms with van der Waals surface area (Å²) in [6.45, 7) is 4.15. The molecular formula is C22H21FN4O4. The molecule has 2 aromatic heterocycles. The van der Waals surface area contributed by atoms with Crippen molar-refractivity contribution in [2.24, 2.45) is 0 Å². The molecule has 0 bridgehead atoms. The first-order valence-electron chi connectivity index (χ1n) is 9.89. The predicted octanol–water partition coefficient (Wildman–Crippen LogP) is 2.30. The molecular weight excluding hydrogens is 403 g/mol. The Bertz CT molecular complexity index is 1180. The van der Waals surface area contributed by atoms with E-state index >= 15 is 0 Å². The first kappa shape index (κ1) is 20.5. The fourth-order valence-electron chi connectivity index (χ4n) is 3.68. The second-order valence-electron chi connectivity index (χ2n) is 7.65. The van der Waals surface area contributed by atoms with Crippen LogP contribution >= 0.6 is 0 Å². The number of pyridine rings is 1. The van der Waals surface area contributed by atoms with Crippen LogP contribution in [0.5, 0.6) is 0 Å². The molecule has 0 aliphatic carbocycles. The summed E-state index contributed by atoms with van der Waals surface area (Å²) in [6.07, 6.45) is 3.28. The van der Waals surface area contributed by atoms with Crippen molar-refractivity contribution < 1.29 is 18.5 Å². The highest BCUT2D eigenvalue weighted by Crippen LogP contribution is 2.23. The topological polar surface area (TPSA) is 97.4 Å². The van der Waals surface area contributed by atoms with Gasteiger partial charge in [0.1, 0.15) is 17.6 Å². The number of nitrogens with one attached hydrogen (secondary N) is 1. The van der Waals surface area contributed by atoms with Crippen LogP contribution in [0.2, 0.25) is 0 Å². The first-order valence-corrected chi connectivity index (χ1v) is 9.89. The fourth-order valence-corrected chi connectivity index (χ4v) is 3.68. The van der Waals surface area contributed by atoms with E-state index in [0.717, 1.165) is 0 Å². The summed E-state index contributed by atoms with van der Waals surface area (Å²) in [4.78, 5) is 40.5. The Labute approximate surface area is 177 Å². The molecule has 3 aromatic rings. The van der Waals surface area contributed by atoms with Gasteiger partial charge < -0.3 is 14.7 Å². The van der Waals surface area contributed by atoms with Crippen LogP contribution in [0.4, 0.5) is 4.39 Å². The Hall–Kier alpha value is -3.75. The monoisotopic (exact) mass is 424 g/mol. The third kappa shape index (κ3) is 3.98. The molecule has 1 aliphatic heterocycles. The number of benzene rings is 1. The highest BCUT2D eigenvalue weighted by Gasteiger charge is 2.29. The van der Waals surface area contributed by atoms with Gasteiger partial charge >= 0.3 is 0 Å². The highest BCUT2D eigenvalue weighted by atomic mass is 19.1. The molecule has 0 atom stereocenters. The molecule has 8 nitrogen and oxygen atoms in total. The van der Waals surface area contributed by atoms with Gasteiger partial charge in [-0.25, -0.2) is 4.39 Å². The van der Waals surface area contributed by atoms with Crippen LogP contribution in [-0.4, -0.2) is 39.0 Å². The SMILES string of the molecule is CC(C)NC(=O)c1c2c(cn(-c3ccc(F)cc3)c1=O)CN(C(=O)c1ccon1)CC2. The molecule has 4 rings (SSSR count). The molecule has 1 N–H and O–H groups in total. The summed E-state index contributed by atoms with van der Waals surface area (Å²) >= 11 is 0. The molecule has 0 saturated carbocycles. The normalized spacial score (nSPS) is 13.2. The van der Waals surface area contributed by atoms with Gasteiger partial charge in [-0.2, -0.15) is 0 Å². The van der Waals surface area contributed by atoms with Gasteiger partial charge in [0.15, 0.2) is 5.69 Å². The highest BCUT2D eigenvalue weighted by molar-refractivity contribution is 5.96. The van der Waals surface area contributed by atoms with E-state index < -0.39 is 17.3 Å². The van der Waals surface area contributed by atoms with Crippen LogP contribution in [0.3, 0.4) is 0 Å². The van der Waals surface area contributed by atoms with Crippen LogP contribution < -0.4 is 10.9 Å². The zero-order valence-electron chi connectivity index (χ0n) is 17.1. The third-order valence-corrected chi connectivity index (χ3v) is 5.10. The van der Waals surface area contributed by atoms with E-state index in [1.54, 1.807) is 11.1 Å². The van der Waals surface area contributed by atoms with Gasteiger partial charge in [0.05, 0.1) is 0 Å². The van der Waals surface area contributed by atoms with Gasteiger partial charge in [-0.1, -0.05) is 5.16 Å². The molecule has 1 aliphatic rings. The number of rotatable bonds is 4. The number of carbonyl (C=O) groups excluding carboxylic acids is 2. The lowest BCUT2D eigenvalue weighted by molar-refractivity contribution is 0.0723.